The van der Waals surface area contributed by atoms with Gasteiger partial charge in [0.05, 0.1) is 24.1 Å². The van der Waals surface area contributed by atoms with Gasteiger partial charge in [-0.1, -0.05) is 12.2 Å². The number of nitrogens with one attached hydrogen (secondary N) is 1. The first-order valence-electron chi connectivity index (χ1n) is 5.12. The van der Waals surface area contributed by atoms with Gasteiger partial charge in [0, 0.05) is 6.42 Å². The number of carbonyl (C=O) groups excluding carboxylic acids is 2. The highest BCUT2D eigenvalue weighted by Gasteiger charge is 2.41. The van der Waals surface area contributed by atoms with Crippen molar-refractivity contribution >= 4 is 29.0 Å². The number of carbonyl (C=O) groups is 2. The molecule has 0 aromatic heterocycles. The maximum absolute atomic E-state index is 11.5. The molecule has 17 heavy (non-hydrogen) atoms. The van der Waals surface area contributed by atoms with E-state index in [1.54, 1.807) is 0 Å². The Labute approximate surface area is 102 Å². The summed E-state index contributed by atoms with van der Waals surface area (Å²) in [6.45, 7) is -0.327. The van der Waals surface area contributed by atoms with Crippen LogP contribution in [0, 0.1) is 0 Å². The van der Waals surface area contributed by atoms with Gasteiger partial charge < -0.3 is 14.9 Å². The second-order valence-corrected chi connectivity index (χ2v) is 4.42. The standard InChI is InChI=1S/C9H12N2O5S/c12-3-5-4(13)1-7(16-5)11-2-6(17)8(14)10-9(11)15/h4-5,7,12-13H,1-3H2,(H,10,14,15)/t4-,5+,7+/m0/s1. The quantitative estimate of drug-likeness (QED) is 0.516. The Hall–Kier alpha value is -1.09. The molecule has 2 aliphatic heterocycles. The monoisotopic (exact) mass is 260 g/mol. The summed E-state index contributed by atoms with van der Waals surface area (Å²) >= 11 is 4.81. The number of nitrogens with zero attached hydrogens (tertiary/aromatic N) is 1. The molecule has 3 N–H and O–H groups in total. The van der Waals surface area contributed by atoms with E-state index >= 15 is 0 Å². The van der Waals surface area contributed by atoms with Crippen LogP contribution in [-0.4, -0.2) is 63.5 Å². The number of ether oxygens (including phenoxy) is 1. The van der Waals surface area contributed by atoms with E-state index in [-0.39, 0.29) is 24.4 Å². The van der Waals surface area contributed by atoms with Gasteiger partial charge in [0.25, 0.3) is 5.91 Å². The topological polar surface area (TPSA) is 99.1 Å². The molecule has 0 aliphatic carbocycles. The zero-order valence-corrected chi connectivity index (χ0v) is 9.64. The van der Waals surface area contributed by atoms with Crippen LogP contribution in [0.3, 0.4) is 0 Å². The van der Waals surface area contributed by atoms with Crippen LogP contribution in [0.25, 0.3) is 0 Å². The van der Waals surface area contributed by atoms with Crippen molar-refractivity contribution in [2.24, 2.45) is 0 Å². The van der Waals surface area contributed by atoms with E-state index in [0.29, 0.717) is 0 Å². The van der Waals surface area contributed by atoms with Crippen LogP contribution in [-0.2, 0) is 9.53 Å². The second-order valence-electron chi connectivity index (χ2n) is 3.93. The Morgan fingerprint density at radius 1 is 1.53 bits per heavy atom. The molecule has 0 aromatic rings. The fraction of sp³-hybridized carbons (Fsp3) is 0.667. The molecule has 0 saturated carbocycles. The van der Waals surface area contributed by atoms with Crippen LogP contribution in [0.2, 0.25) is 0 Å². The number of amides is 3. The molecular formula is C9H12N2O5S. The maximum Gasteiger partial charge on any atom is 0.326 e. The number of aliphatic hydroxyl groups excluding tert-OH is 2. The Bertz CT molecular complexity index is 374. The van der Waals surface area contributed by atoms with Gasteiger partial charge in [-0.25, -0.2) is 4.79 Å². The van der Waals surface area contributed by atoms with Crippen molar-refractivity contribution in [3.8, 4) is 0 Å². The zero-order valence-electron chi connectivity index (χ0n) is 8.83. The first kappa shape index (κ1) is 12.4. The van der Waals surface area contributed by atoms with E-state index in [9.17, 15) is 14.7 Å². The Balaban J connectivity index is 2.06. The van der Waals surface area contributed by atoms with Crippen molar-refractivity contribution in [1.29, 1.82) is 0 Å². The van der Waals surface area contributed by atoms with E-state index in [0.717, 1.165) is 0 Å². The average Bonchev–Trinajstić information content (AvgIpc) is 2.65. The van der Waals surface area contributed by atoms with Gasteiger partial charge in [-0.2, -0.15) is 0 Å². The molecule has 0 aromatic carbocycles. The molecule has 3 amide bonds. The van der Waals surface area contributed by atoms with Crippen LogP contribution in [0.4, 0.5) is 4.79 Å². The van der Waals surface area contributed by atoms with Crippen molar-refractivity contribution in [3.05, 3.63) is 0 Å². The number of urea groups is 1. The first-order chi connectivity index (χ1) is 8.02. The number of hydrogen-bond donors (Lipinski definition) is 3. The molecule has 2 heterocycles. The molecule has 7 nitrogen and oxygen atoms in total. The van der Waals surface area contributed by atoms with E-state index in [2.05, 4.69) is 5.32 Å². The summed E-state index contributed by atoms with van der Waals surface area (Å²) in [6.07, 6.45) is -2.02. The molecule has 2 saturated heterocycles. The highest BCUT2D eigenvalue weighted by Crippen LogP contribution is 2.24. The summed E-state index contributed by atoms with van der Waals surface area (Å²) in [5, 5.41) is 20.6. The third kappa shape index (κ3) is 2.29. The summed E-state index contributed by atoms with van der Waals surface area (Å²) in [6, 6.07) is -0.598. The molecule has 8 heteroatoms. The van der Waals surface area contributed by atoms with Gasteiger partial charge in [0.15, 0.2) is 0 Å². The second kappa shape index (κ2) is 4.65. The fourth-order valence-corrected chi connectivity index (χ4v) is 2.03. The van der Waals surface area contributed by atoms with Gasteiger partial charge in [-0.3, -0.25) is 15.0 Å². The van der Waals surface area contributed by atoms with E-state index in [1.165, 1.54) is 4.90 Å². The van der Waals surface area contributed by atoms with Crippen LogP contribution in [0.15, 0.2) is 0 Å². The summed E-state index contributed by atoms with van der Waals surface area (Å²) in [5.41, 5.74) is 0. The lowest BCUT2D eigenvalue weighted by molar-refractivity contribution is -0.115. The summed E-state index contributed by atoms with van der Waals surface area (Å²) < 4.78 is 5.31. The minimum absolute atomic E-state index is 0.00443. The van der Waals surface area contributed by atoms with E-state index in [1.807, 2.05) is 0 Å². The van der Waals surface area contributed by atoms with E-state index < -0.39 is 30.4 Å². The molecular weight excluding hydrogens is 248 g/mol. The van der Waals surface area contributed by atoms with Gasteiger partial charge in [-0.15, -0.1) is 0 Å². The summed E-state index contributed by atoms with van der Waals surface area (Å²) in [4.78, 5) is 24.0. The lowest BCUT2D eigenvalue weighted by Gasteiger charge is -2.31. The predicted molar refractivity (Wildman–Crippen MR) is 59.2 cm³/mol. The largest absolute Gasteiger partial charge is 0.394 e. The lowest BCUT2D eigenvalue weighted by Crippen LogP contribution is -2.57. The molecule has 2 aliphatic rings. The third-order valence-electron chi connectivity index (χ3n) is 2.78. The Kier molecular flexibility index (Phi) is 3.38. The number of imide groups is 1. The van der Waals surface area contributed by atoms with Crippen molar-refractivity contribution in [3.63, 3.8) is 0 Å². The normalized spacial score (nSPS) is 34.1. The minimum atomic E-state index is -0.830. The smallest absolute Gasteiger partial charge is 0.326 e. The van der Waals surface area contributed by atoms with Crippen LogP contribution >= 0.6 is 12.2 Å². The maximum atomic E-state index is 11.5. The Morgan fingerprint density at radius 2 is 2.24 bits per heavy atom. The molecule has 3 atom stereocenters. The fourth-order valence-electron chi connectivity index (χ4n) is 1.84. The average molecular weight is 260 g/mol. The van der Waals surface area contributed by atoms with Gasteiger partial charge in [-0.05, 0) is 0 Å². The molecule has 2 rings (SSSR count). The van der Waals surface area contributed by atoms with Crippen molar-refractivity contribution < 1.29 is 24.5 Å². The number of rotatable bonds is 2. The molecule has 0 radical (unpaired) electrons. The lowest BCUT2D eigenvalue weighted by atomic mass is 10.2. The van der Waals surface area contributed by atoms with Crippen molar-refractivity contribution in [2.45, 2.75) is 24.9 Å². The highest BCUT2D eigenvalue weighted by molar-refractivity contribution is 7.82. The third-order valence-corrected chi connectivity index (χ3v) is 3.09. The van der Waals surface area contributed by atoms with Crippen molar-refractivity contribution in [2.75, 3.05) is 13.2 Å². The van der Waals surface area contributed by atoms with Gasteiger partial charge in [0.1, 0.15) is 12.3 Å². The van der Waals surface area contributed by atoms with Crippen LogP contribution in [0.5, 0.6) is 0 Å². The number of thiocarbonyl (C=S) groups is 1. The number of aliphatic hydroxyl groups is 2. The van der Waals surface area contributed by atoms with Gasteiger partial charge >= 0.3 is 6.03 Å². The first-order valence-corrected chi connectivity index (χ1v) is 5.53. The zero-order chi connectivity index (χ0) is 12.6. The predicted octanol–water partition coefficient (Wildman–Crippen LogP) is -1.62. The van der Waals surface area contributed by atoms with E-state index in [4.69, 9.17) is 22.1 Å². The molecule has 0 spiro atoms. The molecule has 0 bridgehead atoms. The number of hydrogen-bond acceptors (Lipinski definition) is 6. The SMILES string of the molecule is O=C1NC(=O)N([C@H]2C[C@H](O)[C@@H](CO)O2)CC1=S. The van der Waals surface area contributed by atoms with Crippen LogP contribution in [0.1, 0.15) is 6.42 Å². The molecule has 94 valence electrons. The minimum Gasteiger partial charge on any atom is -0.394 e. The van der Waals surface area contributed by atoms with Crippen LogP contribution < -0.4 is 5.32 Å². The molecule has 0 unspecified atom stereocenters. The Morgan fingerprint density at radius 3 is 2.82 bits per heavy atom. The van der Waals surface area contributed by atoms with Gasteiger partial charge in [0.2, 0.25) is 0 Å². The van der Waals surface area contributed by atoms with Crippen molar-refractivity contribution in [1.82, 2.24) is 10.2 Å². The summed E-state index contributed by atoms with van der Waals surface area (Å²) in [5.74, 6) is -0.571. The molecule has 2 fully saturated rings. The highest BCUT2D eigenvalue weighted by atomic mass is 32.1. The summed E-state index contributed by atoms with van der Waals surface area (Å²) in [7, 11) is 0.